The van der Waals surface area contributed by atoms with Gasteiger partial charge in [0.15, 0.2) is 0 Å². The molecule has 0 bridgehead atoms. The SMILES string of the molecule is CC(C)(C)OC(=O)CCCCCCCCCCCCCCC(=O)CCCCOCCOCCOCCCNC(=O)CCC(=O)ON1C(=O)CCC1=O. The number of carbonyl (C=O) groups excluding carboxylic acids is 6. The zero-order chi connectivity index (χ0) is 38.3. The Hall–Kier alpha value is -2.90. The normalized spacial score (nSPS) is 13.1. The van der Waals surface area contributed by atoms with Crippen LogP contribution in [0.1, 0.15) is 162 Å². The number of ether oxygens (including phenoxy) is 4. The fraction of sp³-hybridized carbons (Fsp3) is 0.846. The number of ketones is 1. The van der Waals surface area contributed by atoms with Gasteiger partial charge >= 0.3 is 11.9 Å². The molecule has 1 aliphatic rings. The molecule has 13 heteroatoms. The zero-order valence-corrected chi connectivity index (χ0v) is 32.4. The van der Waals surface area contributed by atoms with E-state index in [-0.39, 0.29) is 37.6 Å². The lowest BCUT2D eigenvalue weighted by Crippen LogP contribution is -2.32. The number of imide groups is 1. The summed E-state index contributed by atoms with van der Waals surface area (Å²) in [5, 5.41) is 3.15. The minimum absolute atomic E-state index is 0.0223. The van der Waals surface area contributed by atoms with E-state index in [1.807, 2.05) is 20.8 Å². The summed E-state index contributed by atoms with van der Waals surface area (Å²) in [5.74, 6) is -1.97. The van der Waals surface area contributed by atoms with Crippen molar-refractivity contribution in [2.75, 3.05) is 46.2 Å². The van der Waals surface area contributed by atoms with Gasteiger partial charge in [0, 0.05) is 58.3 Å². The van der Waals surface area contributed by atoms with Crippen LogP contribution in [0.15, 0.2) is 0 Å². The predicted octanol–water partition coefficient (Wildman–Crippen LogP) is 6.47. The van der Waals surface area contributed by atoms with E-state index >= 15 is 0 Å². The van der Waals surface area contributed by atoms with E-state index in [1.165, 1.54) is 51.4 Å². The summed E-state index contributed by atoms with van der Waals surface area (Å²) in [6.45, 7) is 9.00. The number of nitrogens with zero attached hydrogens (tertiary/aromatic N) is 1. The number of esters is 1. The first kappa shape index (κ1) is 47.1. The van der Waals surface area contributed by atoms with Crippen molar-refractivity contribution >= 4 is 35.4 Å². The molecule has 3 amide bonds. The van der Waals surface area contributed by atoms with Crippen molar-refractivity contribution in [2.45, 2.75) is 168 Å². The molecule has 1 N–H and O–H groups in total. The van der Waals surface area contributed by atoms with Gasteiger partial charge in [-0.1, -0.05) is 64.2 Å². The van der Waals surface area contributed by atoms with Gasteiger partial charge in [-0.3, -0.25) is 24.0 Å². The highest BCUT2D eigenvalue weighted by atomic mass is 16.7. The Morgan fingerprint density at radius 3 is 1.50 bits per heavy atom. The third-order valence-corrected chi connectivity index (χ3v) is 8.29. The van der Waals surface area contributed by atoms with Crippen LogP contribution in [-0.2, 0) is 52.6 Å². The Bertz CT molecular complexity index is 1010. The monoisotopic (exact) mass is 740 g/mol. The van der Waals surface area contributed by atoms with E-state index in [0.29, 0.717) is 82.7 Å². The average molecular weight is 741 g/mol. The first-order valence-electron chi connectivity index (χ1n) is 19.8. The number of nitrogens with one attached hydrogen (secondary N) is 1. The van der Waals surface area contributed by atoms with Gasteiger partial charge in [0.2, 0.25) is 5.91 Å². The van der Waals surface area contributed by atoms with Gasteiger partial charge in [-0.15, -0.1) is 5.06 Å². The maximum absolute atomic E-state index is 12.1. The Labute approximate surface area is 311 Å². The summed E-state index contributed by atoms with van der Waals surface area (Å²) in [7, 11) is 0. The zero-order valence-electron chi connectivity index (χ0n) is 32.4. The van der Waals surface area contributed by atoms with E-state index in [9.17, 15) is 28.8 Å². The van der Waals surface area contributed by atoms with Crippen molar-refractivity contribution < 1.29 is 52.6 Å². The summed E-state index contributed by atoms with van der Waals surface area (Å²) in [6.07, 6.45) is 18.0. The summed E-state index contributed by atoms with van der Waals surface area (Å²) in [4.78, 5) is 75.0. The van der Waals surface area contributed by atoms with Crippen molar-refractivity contribution in [2.24, 2.45) is 0 Å². The topological polar surface area (TPSA) is 164 Å². The first-order valence-corrected chi connectivity index (χ1v) is 19.8. The number of carbonyl (C=O) groups is 6. The highest BCUT2D eigenvalue weighted by Gasteiger charge is 2.32. The number of amides is 3. The minimum atomic E-state index is -0.802. The van der Waals surface area contributed by atoms with Gasteiger partial charge in [-0.2, -0.15) is 0 Å². The molecule has 0 radical (unpaired) electrons. The van der Waals surface area contributed by atoms with Crippen LogP contribution >= 0.6 is 0 Å². The number of hydrogen-bond donors (Lipinski definition) is 1. The van der Waals surface area contributed by atoms with E-state index < -0.39 is 23.4 Å². The van der Waals surface area contributed by atoms with Crippen LogP contribution in [0.25, 0.3) is 0 Å². The van der Waals surface area contributed by atoms with Crippen molar-refractivity contribution in [3.05, 3.63) is 0 Å². The number of hydrogen-bond acceptors (Lipinski definition) is 11. The van der Waals surface area contributed by atoms with Crippen molar-refractivity contribution in [3.63, 3.8) is 0 Å². The molecule has 0 unspecified atom stereocenters. The van der Waals surface area contributed by atoms with Crippen molar-refractivity contribution in [1.29, 1.82) is 0 Å². The van der Waals surface area contributed by atoms with E-state index in [2.05, 4.69) is 5.32 Å². The van der Waals surface area contributed by atoms with Crippen LogP contribution in [0.3, 0.4) is 0 Å². The molecule has 13 nitrogen and oxygen atoms in total. The van der Waals surface area contributed by atoms with Crippen LogP contribution in [0, 0.1) is 0 Å². The quantitative estimate of drug-likeness (QED) is 0.0437. The number of hydroxylamine groups is 2. The summed E-state index contributed by atoms with van der Waals surface area (Å²) < 4.78 is 21.9. The molecule has 52 heavy (non-hydrogen) atoms. The lowest BCUT2D eigenvalue weighted by molar-refractivity contribution is -0.197. The molecule has 0 aromatic carbocycles. The number of Topliss-reactive ketones (excluding diaryl/α,β-unsaturated/α-hetero) is 1. The molecule has 0 spiro atoms. The standard InChI is InChI=1S/C39H68N2O11/c1-39(2,3)51-37(46)21-15-13-11-9-7-5-4-6-8-10-12-14-19-33(42)20-16-17-27-48-29-31-50-32-30-49-28-18-26-40-34(43)22-25-38(47)52-41-35(44)23-24-36(41)45/h4-32H2,1-3H3,(H,40,43). The number of unbranched alkanes of at least 4 members (excludes halogenated alkanes) is 12. The van der Waals surface area contributed by atoms with E-state index in [0.717, 1.165) is 38.5 Å². The van der Waals surface area contributed by atoms with Crippen molar-refractivity contribution in [3.8, 4) is 0 Å². The Morgan fingerprint density at radius 1 is 0.538 bits per heavy atom. The summed E-state index contributed by atoms with van der Waals surface area (Å²) in [5.41, 5.74) is -0.390. The van der Waals surface area contributed by atoms with Gasteiger partial charge in [-0.25, -0.2) is 4.79 Å². The maximum Gasteiger partial charge on any atom is 0.333 e. The second kappa shape index (κ2) is 30.6. The van der Waals surface area contributed by atoms with Crippen LogP contribution < -0.4 is 5.32 Å². The van der Waals surface area contributed by atoms with Crippen LogP contribution in [0.2, 0.25) is 0 Å². The van der Waals surface area contributed by atoms with Crippen LogP contribution in [0.4, 0.5) is 0 Å². The largest absolute Gasteiger partial charge is 0.460 e. The number of rotatable bonds is 34. The fourth-order valence-electron chi connectivity index (χ4n) is 5.46. The van der Waals surface area contributed by atoms with Crippen LogP contribution in [-0.4, -0.2) is 92.3 Å². The third kappa shape index (κ3) is 28.7. The second-order valence-corrected chi connectivity index (χ2v) is 14.4. The molecule has 0 aliphatic carbocycles. The lowest BCUT2D eigenvalue weighted by atomic mass is 10.0. The van der Waals surface area contributed by atoms with E-state index in [1.54, 1.807) is 0 Å². The molecule has 1 heterocycles. The molecule has 0 aromatic heterocycles. The molecule has 0 atom stereocenters. The van der Waals surface area contributed by atoms with Gasteiger partial charge in [0.1, 0.15) is 11.4 Å². The maximum atomic E-state index is 12.1. The van der Waals surface area contributed by atoms with Gasteiger partial charge in [-0.05, 0) is 52.9 Å². The molecule has 1 saturated heterocycles. The molecule has 1 aliphatic heterocycles. The molecule has 300 valence electrons. The Morgan fingerprint density at radius 2 is 0.981 bits per heavy atom. The lowest BCUT2D eigenvalue weighted by Gasteiger charge is -2.19. The highest BCUT2D eigenvalue weighted by Crippen LogP contribution is 2.15. The molecular weight excluding hydrogens is 672 g/mol. The first-order chi connectivity index (χ1) is 25.0. The summed E-state index contributed by atoms with van der Waals surface area (Å²) >= 11 is 0. The third-order valence-electron chi connectivity index (χ3n) is 8.29. The fourth-order valence-corrected chi connectivity index (χ4v) is 5.46. The van der Waals surface area contributed by atoms with E-state index in [4.69, 9.17) is 23.8 Å². The highest BCUT2D eigenvalue weighted by molar-refractivity contribution is 6.01. The summed E-state index contributed by atoms with van der Waals surface area (Å²) in [6, 6.07) is 0. The molecule has 1 fully saturated rings. The molecule has 0 aromatic rings. The Balaban J connectivity index is 1.75. The Kier molecular flexibility index (Phi) is 27.7. The van der Waals surface area contributed by atoms with Crippen molar-refractivity contribution in [1.82, 2.24) is 10.4 Å². The van der Waals surface area contributed by atoms with Gasteiger partial charge in [0.25, 0.3) is 11.8 Å². The minimum Gasteiger partial charge on any atom is -0.460 e. The van der Waals surface area contributed by atoms with Gasteiger partial charge < -0.3 is 29.1 Å². The average Bonchev–Trinajstić information content (AvgIpc) is 3.40. The second-order valence-electron chi connectivity index (χ2n) is 14.4. The van der Waals surface area contributed by atoms with Crippen LogP contribution in [0.5, 0.6) is 0 Å². The molecule has 1 rings (SSSR count). The molecular formula is C39H68N2O11. The van der Waals surface area contributed by atoms with Gasteiger partial charge in [0.05, 0.1) is 32.8 Å². The predicted molar refractivity (Wildman–Crippen MR) is 196 cm³/mol. The molecule has 0 saturated carbocycles. The smallest absolute Gasteiger partial charge is 0.333 e.